The van der Waals surface area contributed by atoms with Crippen LogP contribution in [-0.4, -0.2) is 41.9 Å². The van der Waals surface area contributed by atoms with Crippen molar-refractivity contribution in [2.45, 2.75) is 12.1 Å². The lowest BCUT2D eigenvalue weighted by Gasteiger charge is -2.28. The van der Waals surface area contributed by atoms with Crippen molar-refractivity contribution in [2.75, 3.05) is 20.7 Å². The summed E-state index contributed by atoms with van der Waals surface area (Å²) in [5, 5.41) is 18.6. The summed E-state index contributed by atoms with van der Waals surface area (Å²) in [6.07, 6.45) is -0.743. The minimum absolute atomic E-state index is 0.152. The Balaban J connectivity index is 2.89. The van der Waals surface area contributed by atoms with E-state index in [9.17, 15) is 5.11 Å². The molecular formula is C11H17NO2. The van der Waals surface area contributed by atoms with E-state index in [1.807, 2.05) is 49.3 Å². The highest BCUT2D eigenvalue weighted by Gasteiger charge is 2.21. The molecule has 0 aliphatic carbocycles. The van der Waals surface area contributed by atoms with Crippen molar-refractivity contribution in [3.05, 3.63) is 35.9 Å². The Morgan fingerprint density at radius 3 is 2.21 bits per heavy atom. The van der Waals surface area contributed by atoms with E-state index in [2.05, 4.69) is 0 Å². The summed E-state index contributed by atoms with van der Waals surface area (Å²) in [6.45, 7) is -0.224. The molecular weight excluding hydrogens is 178 g/mol. The van der Waals surface area contributed by atoms with Gasteiger partial charge >= 0.3 is 0 Å². The van der Waals surface area contributed by atoms with Crippen LogP contribution in [-0.2, 0) is 0 Å². The van der Waals surface area contributed by atoms with Crippen molar-refractivity contribution < 1.29 is 10.2 Å². The predicted octanol–water partition coefficient (Wildman–Crippen LogP) is 0.642. The first kappa shape index (κ1) is 11.2. The van der Waals surface area contributed by atoms with E-state index in [1.165, 1.54) is 0 Å². The van der Waals surface area contributed by atoms with Crippen LogP contribution in [0.25, 0.3) is 0 Å². The lowest BCUT2D eigenvalue weighted by atomic mass is 10.0. The molecule has 0 radical (unpaired) electrons. The fourth-order valence-corrected chi connectivity index (χ4v) is 1.61. The monoisotopic (exact) mass is 195 g/mol. The Morgan fingerprint density at radius 1 is 1.21 bits per heavy atom. The van der Waals surface area contributed by atoms with Gasteiger partial charge in [-0.2, -0.15) is 0 Å². The fraction of sp³-hybridized carbons (Fsp3) is 0.455. The van der Waals surface area contributed by atoms with E-state index in [1.54, 1.807) is 0 Å². The smallest absolute Gasteiger partial charge is 0.0966 e. The molecule has 1 aromatic carbocycles. The van der Waals surface area contributed by atoms with Crippen molar-refractivity contribution >= 4 is 0 Å². The molecule has 0 spiro atoms. The van der Waals surface area contributed by atoms with Gasteiger partial charge < -0.3 is 10.2 Å². The first-order valence-electron chi connectivity index (χ1n) is 4.67. The molecule has 0 bridgehead atoms. The van der Waals surface area contributed by atoms with E-state index in [0.29, 0.717) is 0 Å². The van der Waals surface area contributed by atoms with E-state index in [-0.39, 0.29) is 12.6 Å². The van der Waals surface area contributed by atoms with Crippen molar-refractivity contribution in [1.29, 1.82) is 0 Å². The van der Waals surface area contributed by atoms with E-state index < -0.39 is 6.10 Å². The standard InChI is InChI=1S/C11H17NO2/c1-12(2)11(10(14)8-13)9-6-4-3-5-7-9/h3-7,10-11,13-14H,8H2,1-2H3/t10-,11-/m0/s1. The molecule has 0 heterocycles. The molecule has 0 saturated carbocycles. The summed E-state index contributed by atoms with van der Waals surface area (Å²) in [5.74, 6) is 0. The van der Waals surface area contributed by atoms with Gasteiger partial charge in [-0.1, -0.05) is 30.3 Å². The molecule has 3 nitrogen and oxygen atoms in total. The fourth-order valence-electron chi connectivity index (χ4n) is 1.61. The van der Waals surface area contributed by atoms with Crippen LogP contribution in [0.4, 0.5) is 0 Å². The molecule has 1 aromatic rings. The second-order valence-corrected chi connectivity index (χ2v) is 3.57. The van der Waals surface area contributed by atoms with Gasteiger partial charge in [-0.3, -0.25) is 4.90 Å². The average molecular weight is 195 g/mol. The first-order valence-corrected chi connectivity index (χ1v) is 4.67. The minimum atomic E-state index is -0.743. The second kappa shape index (κ2) is 5.10. The van der Waals surface area contributed by atoms with Gasteiger partial charge in [-0.05, 0) is 19.7 Å². The first-order chi connectivity index (χ1) is 6.66. The van der Waals surface area contributed by atoms with Crippen molar-refractivity contribution in [2.24, 2.45) is 0 Å². The molecule has 0 aliphatic rings. The van der Waals surface area contributed by atoms with Crippen LogP contribution in [0.5, 0.6) is 0 Å². The minimum Gasteiger partial charge on any atom is -0.394 e. The molecule has 0 saturated heterocycles. The van der Waals surface area contributed by atoms with Gasteiger partial charge in [0, 0.05) is 0 Å². The molecule has 78 valence electrons. The number of aliphatic hydroxyl groups excluding tert-OH is 2. The predicted molar refractivity (Wildman–Crippen MR) is 56.0 cm³/mol. The van der Waals surface area contributed by atoms with Crippen molar-refractivity contribution in [3.8, 4) is 0 Å². The largest absolute Gasteiger partial charge is 0.394 e. The number of rotatable bonds is 4. The summed E-state index contributed by atoms with van der Waals surface area (Å²) >= 11 is 0. The number of hydrogen-bond acceptors (Lipinski definition) is 3. The van der Waals surface area contributed by atoms with Crippen LogP contribution in [0.15, 0.2) is 30.3 Å². The third-order valence-electron chi connectivity index (χ3n) is 2.25. The summed E-state index contributed by atoms with van der Waals surface area (Å²) in [5.41, 5.74) is 1.01. The molecule has 2 N–H and O–H groups in total. The SMILES string of the molecule is CN(C)[C@@H](c1ccccc1)[C@@H](O)CO. The Bertz CT molecular complexity index is 261. The lowest BCUT2D eigenvalue weighted by Crippen LogP contribution is -2.33. The molecule has 3 heteroatoms. The number of aliphatic hydroxyl groups is 2. The van der Waals surface area contributed by atoms with Crippen LogP contribution in [0.3, 0.4) is 0 Å². The Labute approximate surface area is 84.6 Å². The van der Waals surface area contributed by atoms with Crippen LogP contribution in [0.2, 0.25) is 0 Å². The Hall–Kier alpha value is -0.900. The Morgan fingerprint density at radius 2 is 1.79 bits per heavy atom. The molecule has 0 fully saturated rings. The number of likely N-dealkylation sites (N-methyl/N-ethyl adjacent to an activating group) is 1. The summed E-state index contributed by atoms with van der Waals surface area (Å²) in [4.78, 5) is 1.90. The summed E-state index contributed by atoms with van der Waals surface area (Å²) in [6, 6.07) is 9.53. The third kappa shape index (κ3) is 2.54. The van der Waals surface area contributed by atoms with Gasteiger partial charge in [0.1, 0.15) is 0 Å². The Kier molecular flexibility index (Phi) is 4.07. The van der Waals surface area contributed by atoms with Crippen LogP contribution in [0.1, 0.15) is 11.6 Å². The number of benzene rings is 1. The van der Waals surface area contributed by atoms with Gasteiger partial charge in [0.2, 0.25) is 0 Å². The van der Waals surface area contributed by atoms with E-state index >= 15 is 0 Å². The van der Waals surface area contributed by atoms with Gasteiger partial charge in [0.05, 0.1) is 18.8 Å². The average Bonchev–Trinajstić information content (AvgIpc) is 2.19. The molecule has 14 heavy (non-hydrogen) atoms. The van der Waals surface area contributed by atoms with Crippen LogP contribution >= 0.6 is 0 Å². The molecule has 0 amide bonds. The van der Waals surface area contributed by atoms with Gasteiger partial charge in [-0.15, -0.1) is 0 Å². The zero-order valence-corrected chi connectivity index (χ0v) is 8.59. The maximum Gasteiger partial charge on any atom is 0.0966 e. The molecule has 0 unspecified atom stereocenters. The second-order valence-electron chi connectivity index (χ2n) is 3.57. The molecule has 1 rings (SSSR count). The van der Waals surface area contributed by atoms with E-state index in [4.69, 9.17) is 5.11 Å². The van der Waals surface area contributed by atoms with E-state index in [0.717, 1.165) is 5.56 Å². The zero-order chi connectivity index (χ0) is 10.6. The molecule has 0 aromatic heterocycles. The third-order valence-corrected chi connectivity index (χ3v) is 2.25. The summed E-state index contributed by atoms with van der Waals surface area (Å²) in [7, 11) is 3.77. The highest BCUT2D eigenvalue weighted by Crippen LogP contribution is 2.21. The van der Waals surface area contributed by atoms with Crippen molar-refractivity contribution in [3.63, 3.8) is 0 Å². The number of nitrogens with zero attached hydrogens (tertiary/aromatic N) is 1. The molecule has 2 atom stereocenters. The van der Waals surface area contributed by atoms with Crippen LogP contribution < -0.4 is 0 Å². The van der Waals surface area contributed by atoms with Crippen molar-refractivity contribution in [1.82, 2.24) is 4.90 Å². The topological polar surface area (TPSA) is 43.7 Å². The van der Waals surface area contributed by atoms with Gasteiger partial charge in [0.25, 0.3) is 0 Å². The van der Waals surface area contributed by atoms with Gasteiger partial charge in [-0.25, -0.2) is 0 Å². The summed E-state index contributed by atoms with van der Waals surface area (Å²) < 4.78 is 0. The number of hydrogen-bond donors (Lipinski definition) is 2. The highest BCUT2D eigenvalue weighted by atomic mass is 16.3. The quantitative estimate of drug-likeness (QED) is 0.741. The maximum atomic E-state index is 9.65. The maximum absolute atomic E-state index is 9.65. The van der Waals surface area contributed by atoms with Crippen LogP contribution in [0, 0.1) is 0 Å². The highest BCUT2D eigenvalue weighted by molar-refractivity contribution is 5.20. The van der Waals surface area contributed by atoms with Gasteiger partial charge in [0.15, 0.2) is 0 Å². The zero-order valence-electron chi connectivity index (χ0n) is 8.59. The molecule has 0 aliphatic heterocycles. The normalized spacial score (nSPS) is 15.5. The lowest BCUT2D eigenvalue weighted by molar-refractivity contribution is 0.0278.